The van der Waals surface area contributed by atoms with E-state index in [1.54, 1.807) is 0 Å². The number of esters is 2. The molecule has 15 nitrogen and oxygen atoms in total. The lowest BCUT2D eigenvalue weighted by Gasteiger charge is -2.42. The predicted molar refractivity (Wildman–Crippen MR) is 178 cm³/mol. The topological polar surface area (TPSA) is 231 Å². The highest BCUT2D eigenvalue weighted by Gasteiger charge is 2.47. The van der Waals surface area contributed by atoms with E-state index in [-0.39, 0.29) is 13.0 Å². The summed E-state index contributed by atoms with van der Waals surface area (Å²) in [6, 6.07) is 0. The number of ether oxygens (including phenoxy) is 6. The van der Waals surface area contributed by atoms with Gasteiger partial charge in [-0.1, -0.05) is 96.8 Å². The SMILES string of the molecule is CCCCCCCCCCCCCCCCCC(=O)OC[C@H](CO[C@@H]1O[C@H](CO[C@H]2O[C@H](CO)[C@H](O)[C@H](O)[C@H]2O)[C@H](O)[C@H](O)[C@H]1O)OC(C)=O. The smallest absolute Gasteiger partial charge is 0.305 e. The van der Waals surface area contributed by atoms with Gasteiger partial charge in [0.2, 0.25) is 0 Å². The number of aliphatic hydroxyl groups is 7. The summed E-state index contributed by atoms with van der Waals surface area (Å²) in [5.41, 5.74) is 0. The second kappa shape index (κ2) is 25.5. The van der Waals surface area contributed by atoms with Gasteiger partial charge in [0.1, 0.15) is 55.4 Å². The number of hydrogen-bond donors (Lipinski definition) is 7. The Morgan fingerprint density at radius 2 is 1.06 bits per heavy atom. The second-order valence-corrected chi connectivity index (χ2v) is 13.5. The molecule has 50 heavy (non-hydrogen) atoms. The Bertz CT molecular complexity index is 907. The lowest BCUT2D eigenvalue weighted by molar-refractivity contribution is -0.332. The molecule has 2 aliphatic rings. The molecule has 0 unspecified atom stereocenters. The van der Waals surface area contributed by atoms with Crippen molar-refractivity contribution < 1.29 is 73.8 Å². The van der Waals surface area contributed by atoms with Crippen LogP contribution in [-0.2, 0) is 38.0 Å². The van der Waals surface area contributed by atoms with Gasteiger partial charge in [-0.05, 0) is 6.42 Å². The minimum absolute atomic E-state index is 0.219. The number of hydrogen-bond acceptors (Lipinski definition) is 15. The fourth-order valence-electron chi connectivity index (χ4n) is 6.04. The molecule has 2 fully saturated rings. The largest absolute Gasteiger partial charge is 0.462 e. The van der Waals surface area contributed by atoms with Crippen LogP contribution in [0.2, 0.25) is 0 Å². The first kappa shape index (κ1) is 44.7. The van der Waals surface area contributed by atoms with E-state index < -0.39 is 99.3 Å². The molecule has 0 spiro atoms. The summed E-state index contributed by atoms with van der Waals surface area (Å²) in [6.45, 7) is 1.50. The molecule has 0 aromatic rings. The first-order chi connectivity index (χ1) is 24.0. The molecule has 0 saturated carbocycles. The Hall–Kier alpha value is -1.50. The van der Waals surface area contributed by atoms with Crippen LogP contribution in [0, 0.1) is 0 Å². The van der Waals surface area contributed by atoms with E-state index in [9.17, 15) is 45.3 Å². The molecule has 2 rings (SSSR count). The van der Waals surface area contributed by atoms with Crippen LogP contribution in [-0.4, -0.2) is 142 Å². The Morgan fingerprint density at radius 1 is 0.600 bits per heavy atom. The summed E-state index contributed by atoms with van der Waals surface area (Å²) in [5, 5.41) is 70.7. The predicted octanol–water partition coefficient (Wildman–Crippen LogP) is 1.36. The van der Waals surface area contributed by atoms with E-state index in [0.29, 0.717) is 6.42 Å². The van der Waals surface area contributed by atoms with Gasteiger partial charge in [0.05, 0.1) is 19.8 Å². The zero-order valence-electron chi connectivity index (χ0n) is 29.9. The maximum absolute atomic E-state index is 12.3. The molecule has 0 aromatic heterocycles. The molecule has 294 valence electrons. The van der Waals surface area contributed by atoms with Gasteiger partial charge in [-0.15, -0.1) is 0 Å². The third-order valence-electron chi connectivity index (χ3n) is 9.14. The van der Waals surface area contributed by atoms with Crippen molar-refractivity contribution in [2.45, 2.75) is 184 Å². The van der Waals surface area contributed by atoms with E-state index in [2.05, 4.69) is 6.92 Å². The van der Waals surface area contributed by atoms with Crippen LogP contribution >= 0.6 is 0 Å². The highest BCUT2D eigenvalue weighted by atomic mass is 16.7. The van der Waals surface area contributed by atoms with E-state index in [1.165, 1.54) is 77.6 Å². The molecule has 2 heterocycles. The normalized spacial score (nSPS) is 30.6. The molecule has 7 N–H and O–H groups in total. The van der Waals surface area contributed by atoms with Gasteiger partial charge in [-0.3, -0.25) is 9.59 Å². The van der Waals surface area contributed by atoms with Crippen molar-refractivity contribution in [1.29, 1.82) is 0 Å². The number of aliphatic hydroxyl groups excluding tert-OH is 7. The zero-order chi connectivity index (χ0) is 36.9. The van der Waals surface area contributed by atoms with Crippen LogP contribution in [0.4, 0.5) is 0 Å². The number of rotatable bonds is 26. The highest BCUT2D eigenvalue weighted by Crippen LogP contribution is 2.26. The quantitative estimate of drug-likeness (QED) is 0.0493. The molecule has 0 bridgehead atoms. The van der Waals surface area contributed by atoms with Gasteiger partial charge in [-0.2, -0.15) is 0 Å². The third kappa shape index (κ3) is 16.4. The second-order valence-electron chi connectivity index (χ2n) is 13.5. The highest BCUT2D eigenvalue weighted by molar-refractivity contribution is 5.69. The Kier molecular flexibility index (Phi) is 22.8. The van der Waals surface area contributed by atoms with Crippen molar-refractivity contribution in [3.8, 4) is 0 Å². The zero-order valence-corrected chi connectivity index (χ0v) is 29.9. The van der Waals surface area contributed by atoms with Crippen molar-refractivity contribution in [3.63, 3.8) is 0 Å². The van der Waals surface area contributed by atoms with Gasteiger partial charge < -0.3 is 64.2 Å². The van der Waals surface area contributed by atoms with Crippen molar-refractivity contribution >= 4 is 11.9 Å². The lowest BCUT2D eigenvalue weighted by Crippen LogP contribution is -2.61. The van der Waals surface area contributed by atoms with Gasteiger partial charge in [0, 0.05) is 13.3 Å². The first-order valence-electron chi connectivity index (χ1n) is 18.6. The summed E-state index contributed by atoms with van der Waals surface area (Å²) in [5.74, 6) is -1.11. The standard InChI is InChI=1S/C35H64O15/c1-3-4-5-6-7-8-9-10-11-12-13-14-15-16-17-18-27(38)45-20-24(48-23(2)37)21-46-34-33(44)31(42)29(40)26(50-34)22-47-35-32(43)30(41)28(39)25(19-36)49-35/h24-26,28-36,39-44H,3-22H2,1-2H3/t24-,25-,26-,28+,29+,30+,31+,32-,33-,34-,35+/m1/s1. The van der Waals surface area contributed by atoms with Crippen molar-refractivity contribution in [3.05, 3.63) is 0 Å². The molecule has 0 aromatic carbocycles. The fourth-order valence-corrected chi connectivity index (χ4v) is 6.04. The summed E-state index contributed by atoms with van der Waals surface area (Å²) >= 11 is 0. The summed E-state index contributed by atoms with van der Waals surface area (Å²) < 4.78 is 32.3. The number of unbranched alkanes of at least 4 members (excludes halogenated alkanes) is 14. The Balaban J connectivity index is 1.67. The van der Waals surface area contributed by atoms with Crippen molar-refractivity contribution in [2.24, 2.45) is 0 Å². The summed E-state index contributed by atoms with van der Waals surface area (Å²) in [7, 11) is 0. The van der Waals surface area contributed by atoms with Crippen LogP contribution in [0.1, 0.15) is 117 Å². The van der Waals surface area contributed by atoms with E-state index >= 15 is 0 Å². The van der Waals surface area contributed by atoms with Gasteiger partial charge in [0.15, 0.2) is 18.7 Å². The molecule has 0 amide bonds. The maximum Gasteiger partial charge on any atom is 0.305 e. The van der Waals surface area contributed by atoms with Gasteiger partial charge in [-0.25, -0.2) is 0 Å². The van der Waals surface area contributed by atoms with Gasteiger partial charge in [0.25, 0.3) is 0 Å². The average molecular weight is 725 g/mol. The average Bonchev–Trinajstić information content (AvgIpc) is 3.09. The molecule has 0 aliphatic carbocycles. The summed E-state index contributed by atoms with van der Waals surface area (Å²) in [4.78, 5) is 24.0. The number of carbonyl (C=O) groups is 2. The van der Waals surface area contributed by atoms with Crippen LogP contribution in [0.3, 0.4) is 0 Å². The first-order valence-corrected chi connectivity index (χ1v) is 18.6. The Morgan fingerprint density at radius 3 is 1.56 bits per heavy atom. The molecular weight excluding hydrogens is 660 g/mol. The molecule has 0 radical (unpaired) electrons. The molecule has 11 atom stereocenters. The van der Waals surface area contributed by atoms with E-state index in [1.807, 2.05) is 0 Å². The van der Waals surface area contributed by atoms with Crippen LogP contribution in [0.5, 0.6) is 0 Å². The van der Waals surface area contributed by atoms with Crippen molar-refractivity contribution in [2.75, 3.05) is 26.4 Å². The van der Waals surface area contributed by atoms with E-state index in [0.717, 1.165) is 19.3 Å². The third-order valence-corrected chi connectivity index (χ3v) is 9.14. The lowest BCUT2D eigenvalue weighted by atomic mass is 9.98. The minimum atomic E-state index is -1.75. The van der Waals surface area contributed by atoms with E-state index in [4.69, 9.17) is 28.4 Å². The molecule has 2 saturated heterocycles. The minimum Gasteiger partial charge on any atom is -0.462 e. The maximum atomic E-state index is 12.3. The fraction of sp³-hybridized carbons (Fsp3) is 0.943. The Labute approximate surface area is 296 Å². The van der Waals surface area contributed by atoms with Crippen LogP contribution < -0.4 is 0 Å². The summed E-state index contributed by atoms with van der Waals surface area (Å²) in [6.07, 6.45) is 1.62. The van der Waals surface area contributed by atoms with Gasteiger partial charge >= 0.3 is 11.9 Å². The molecule has 2 aliphatic heterocycles. The van der Waals surface area contributed by atoms with Crippen LogP contribution in [0.15, 0.2) is 0 Å². The molecular formula is C35H64O15. The molecule has 15 heteroatoms. The monoisotopic (exact) mass is 724 g/mol. The van der Waals surface area contributed by atoms with Crippen molar-refractivity contribution in [1.82, 2.24) is 0 Å². The number of carbonyl (C=O) groups excluding carboxylic acids is 2. The van der Waals surface area contributed by atoms with Crippen LogP contribution in [0.25, 0.3) is 0 Å².